The van der Waals surface area contributed by atoms with E-state index in [0.717, 1.165) is 6.21 Å². The van der Waals surface area contributed by atoms with Gasteiger partial charge in [-0.2, -0.15) is 5.10 Å². The van der Waals surface area contributed by atoms with Crippen LogP contribution in [0.5, 0.6) is 0 Å². The largest absolute Gasteiger partial charge is 0.477 e. The number of rotatable bonds is 3. The van der Waals surface area contributed by atoms with Crippen molar-refractivity contribution in [3.63, 3.8) is 0 Å². The summed E-state index contributed by atoms with van der Waals surface area (Å²) in [5.41, 5.74) is 2.47. The molecular weight excluding hydrogens is 108 g/mol. The molecule has 4 nitrogen and oxygen atoms in total. The second-order valence-corrected chi connectivity index (χ2v) is 1.11. The topological polar surface area (TPSA) is 61.7 Å². The molecule has 0 aromatic carbocycles. The van der Waals surface area contributed by atoms with E-state index in [9.17, 15) is 4.79 Å². The Labute approximate surface area is 47.2 Å². The van der Waals surface area contributed by atoms with E-state index in [1.807, 2.05) is 6.92 Å². The summed E-state index contributed by atoms with van der Waals surface area (Å²) in [6.45, 7) is 2.48. The average molecular weight is 116 g/mol. The van der Waals surface area contributed by atoms with Crippen LogP contribution < -0.4 is 5.43 Å². The van der Waals surface area contributed by atoms with Crippen molar-refractivity contribution >= 4 is 12.2 Å². The Morgan fingerprint density at radius 2 is 2.62 bits per heavy atom. The Bertz CT molecular complexity index is 100. The first-order valence-electron chi connectivity index (χ1n) is 2.26. The van der Waals surface area contributed by atoms with Gasteiger partial charge in [0.2, 0.25) is 0 Å². The molecule has 0 spiro atoms. The maximum atomic E-state index is 9.68. The number of carboxylic acids is 1. The summed E-state index contributed by atoms with van der Waals surface area (Å²) in [6, 6.07) is 0. The number of nitrogens with one attached hydrogen (secondary N) is 1. The number of carboxylic acid groups (broad SMARTS) is 1. The summed E-state index contributed by atoms with van der Waals surface area (Å²) < 4.78 is 0. The van der Waals surface area contributed by atoms with Crippen LogP contribution in [0.3, 0.4) is 0 Å². The molecular formula is C4H8N2O2. The van der Waals surface area contributed by atoms with Crippen LogP contribution in [-0.4, -0.2) is 23.8 Å². The van der Waals surface area contributed by atoms with Gasteiger partial charge in [-0.1, -0.05) is 0 Å². The fourth-order valence-corrected chi connectivity index (χ4v) is 0.192. The van der Waals surface area contributed by atoms with Crippen LogP contribution in [-0.2, 0) is 4.79 Å². The van der Waals surface area contributed by atoms with Gasteiger partial charge < -0.3 is 10.5 Å². The summed E-state index contributed by atoms with van der Waals surface area (Å²) in [5, 5.41) is 11.3. The third kappa shape index (κ3) is 4.94. The highest BCUT2D eigenvalue weighted by Crippen LogP contribution is 1.56. The highest BCUT2D eigenvalue weighted by Gasteiger charge is 1.82. The van der Waals surface area contributed by atoms with Gasteiger partial charge in [0.25, 0.3) is 0 Å². The van der Waals surface area contributed by atoms with E-state index in [4.69, 9.17) is 5.11 Å². The Kier molecular flexibility index (Phi) is 3.56. The van der Waals surface area contributed by atoms with Gasteiger partial charge in [0.1, 0.15) is 6.21 Å². The average Bonchev–Trinajstić information content (AvgIpc) is 1.66. The zero-order valence-corrected chi connectivity index (χ0v) is 4.59. The summed E-state index contributed by atoms with van der Waals surface area (Å²) in [7, 11) is 0. The number of nitrogens with zero attached hydrogens (tertiary/aromatic N) is 1. The first kappa shape index (κ1) is 6.94. The molecule has 0 bridgehead atoms. The lowest BCUT2D eigenvalue weighted by molar-refractivity contribution is -0.128. The minimum atomic E-state index is -1.04. The van der Waals surface area contributed by atoms with Gasteiger partial charge in [0.05, 0.1) is 0 Å². The van der Waals surface area contributed by atoms with Gasteiger partial charge >= 0.3 is 5.97 Å². The molecule has 0 radical (unpaired) electrons. The third-order valence-electron chi connectivity index (χ3n) is 0.424. The first-order chi connectivity index (χ1) is 3.77. The molecule has 46 valence electrons. The molecule has 8 heavy (non-hydrogen) atoms. The van der Waals surface area contributed by atoms with E-state index in [0.29, 0.717) is 6.54 Å². The number of hydrogen-bond donors (Lipinski definition) is 2. The van der Waals surface area contributed by atoms with Gasteiger partial charge in [0, 0.05) is 6.54 Å². The van der Waals surface area contributed by atoms with Crippen LogP contribution in [0.1, 0.15) is 6.92 Å². The van der Waals surface area contributed by atoms with Gasteiger partial charge in [0.15, 0.2) is 0 Å². The smallest absolute Gasteiger partial charge is 0.348 e. The van der Waals surface area contributed by atoms with E-state index >= 15 is 0 Å². The van der Waals surface area contributed by atoms with E-state index in [-0.39, 0.29) is 0 Å². The Hall–Kier alpha value is -1.06. The van der Waals surface area contributed by atoms with E-state index < -0.39 is 5.97 Å². The van der Waals surface area contributed by atoms with Crippen molar-refractivity contribution in [3.8, 4) is 0 Å². The predicted molar refractivity (Wildman–Crippen MR) is 29.8 cm³/mol. The molecule has 0 aliphatic heterocycles. The minimum absolute atomic E-state index is 0.643. The van der Waals surface area contributed by atoms with Crippen LogP contribution in [0, 0.1) is 0 Å². The number of hydrazone groups is 1. The molecule has 0 aliphatic carbocycles. The van der Waals surface area contributed by atoms with Crippen LogP contribution in [0.4, 0.5) is 0 Å². The number of carbonyl (C=O) groups is 1. The lowest BCUT2D eigenvalue weighted by Crippen LogP contribution is -2.06. The maximum Gasteiger partial charge on any atom is 0.348 e. The number of aliphatic carboxylic acids is 1. The number of hydrogen-bond acceptors (Lipinski definition) is 3. The minimum Gasteiger partial charge on any atom is -0.477 e. The van der Waals surface area contributed by atoms with Crippen LogP contribution in [0.15, 0.2) is 5.10 Å². The summed E-state index contributed by atoms with van der Waals surface area (Å²) in [5.74, 6) is -1.04. The zero-order valence-electron chi connectivity index (χ0n) is 4.59. The zero-order chi connectivity index (χ0) is 6.41. The van der Waals surface area contributed by atoms with E-state index in [1.165, 1.54) is 0 Å². The maximum absolute atomic E-state index is 9.68. The van der Waals surface area contributed by atoms with Crippen molar-refractivity contribution in [2.45, 2.75) is 6.92 Å². The molecule has 0 aliphatic rings. The molecule has 0 heterocycles. The fraction of sp³-hybridized carbons (Fsp3) is 0.500. The Morgan fingerprint density at radius 1 is 2.00 bits per heavy atom. The standard InChI is InChI=1S/C4H8N2O2/c1-2-5-6-3-4(7)8/h3,5H,2H2,1H3,(H,7,8)/b6-3+. The second-order valence-electron chi connectivity index (χ2n) is 1.11. The third-order valence-corrected chi connectivity index (χ3v) is 0.424. The lowest BCUT2D eigenvalue weighted by atomic mass is 10.8. The van der Waals surface area contributed by atoms with Crippen LogP contribution >= 0.6 is 0 Å². The highest BCUT2D eigenvalue weighted by molar-refractivity contribution is 6.21. The molecule has 0 rings (SSSR count). The molecule has 0 unspecified atom stereocenters. The van der Waals surface area contributed by atoms with Crippen LogP contribution in [0.25, 0.3) is 0 Å². The van der Waals surface area contributed by atoms with Crippen molar-refractivity contribution in [2.24, 2.45) is 5.10 Å². The molecule has 0 amide bonds. The van der Waals surface area contributed by atoms with Gasteiger partial charge in [-0.15, -0.1) is 0 Å². The normalized spacial score (nSPS) is 9.62. The van der Waals surface area contributed by atoms with Crippen molar-refractivity contribution in [2.75, 3.05) is 6.54 Å². The SMILES string of the molecule is CCN/N=C/C(=O)O. The van der Waals surface area contributed by atoms with Gasteiger partial charge in [-0.3, -0.25) is 0 Å². The quantitative estimate of drug-likeness (QED) is 0.392. The molecule has 0 saturated carbocycles. The Morgan fingerprint density at radius 3 is 3.00 bits per heavy atom. The summed E-state index contributed by atoms with van der Waals surface area (Å²) >= 11 is 0. The lowest BCUT2D eigenvalue weighted by Gasteiger charge is -1.86. The van der Waals surface area contributed by atoms with E-state index in [2.05, 4.69) is 10.5 Å². The van der Waals surface area contributed by atoms with E-state index in [1.54, 1.807) is 0 Å². The molecule has 0 atom stereocenters. The predicted octanol–water partition coefficient (Wildman–Crippen LogP) is -0.334. The molecule has 0 aromatic rings. The molecule has 4 heteroatoms. The second kappa shape index (κ2) is 4.11. The van der Waals surface area contributed by atoms with Crippen molar-refractivity contribution in [3.05, 3.63) is 0 Å². The first-order valence-corrected chi connectivity index (χ1v) is 2.26. The molecule has 0 aromatic heterocycles. The van der Waals surface area contributed by atoms with Gasteiger partial charge in [-0.25, -0.2) is 4.79 Å². The fourth-order valence-electron chi connectivity index (χ4n) is 0.192. The molecule has 2 N–H and O–H groups in total. The molecule has 0 saturated heterocycles. The van der Waals surface area contributed by atoms with Crippen molar-refractivity contribution < 1.29 is 9.90 Å². The highest BCUT2D eigenvalue weighted by atomic mass is 16.4. The summed E-state index contributed by atoms with van der Waals surface area (Å²) in [6.07, 6.45) is 0.809. The Balaban J connectivity index is 3.20. The van der Waals surface area contributed by atoms with Gasteiger partial charge in [-0.05, 0) is 6.92 Å². The molecule has 0 fully saturated rings. The monoisotopic (exact) mass is 116 g/mol. The van der Waals surface area contributed by atoms with Crippen molar-refractivity contribution in [1.29, 1.82) is 0 Å². The van der Waals surface area contributed by atoms with Crippen molar-refractivity contribution in [1.82, 2.24) is 5.43 Å². The summed E-state index contributed by atoms with van der Waals surface area (Å²) in [4.78, 5) is 9.68. The van der Waals surface area contributed by atoms with Crippen LogP contribution in [0.2, 0.25) is 0 Å².